The van der Waals surface area contributed by atoms with Gasteiger partial charge >= 0.3 is 0 Å². The van der Waals surface area contributed by atoms with Crippen LogP contribution in [0.5, 0.6) is 0 Å². The summed E-state index contributed by atoms with van der Waals surface area (Å²) in [5.74, 6) is 0.459. The number of ketones is 1. The lowest BCUT2D eigenvalue weighted by Crippen LogP contribution is -2.03. The normalized spacial score (nSPS) is 10.4. The molecule has 3 aromatic rings. The fourth-order valence-electron chi connectivity index (χ4n) is 2.33. The maximum absolute atomic E-state index is 13.8. The van der Waals surface area contributed by atoms with Gasteiger partial charge in [-0.15, -0.1) is 0 Å². The van der Waals surface area contributed by atoms with E-state index >= 15 is 0 Å². The van der Waals surface area contributed by atoms with E-state index in [2.05, 4.69) is 20.6 Å². The average Bonchev–Trinajstić information content (AvgIpc) is 2.57. The summed E-state index contributed by atoms with van der Waals surface area (Å²) in [7, 11) is 0. The number of benzene rings is 2. The third-order valence-corrected chi connectivity index (χ3v) is 3.52. The van der Waals surface area contributed by atoms with Crippen LogP contribution in [-0.4, -0.2) is 15.8 Å². The number of aromatic nitrogens is 2. The van der Waals surface area contributed by atoms with Crippen LogP contribution in [-0.2, 0) is 0 Å². The Bertz CT molecular complexity index is 927. The van der Waals surface area contributed by atoms with Gasteiger partial charge in [-0.3, -0.25) is 4.79 Å². The van der Waals surface area contributed by atoms with Crippen LogP contribution in [0.4, 0.5) is 27.5 Å². The number of anilines is 4. The van der Waals surface area contributed by atoms with Crippen LogP contribution in [0.2, 0.25) is 0 Å². The van der Waals surface area contributed by atoms with Crippen LogP contribution in [0.1, 0.15) is 23.0 Å². The van der Waals surface area contributed by atoms with Crippen molar-refractivity contribution in [3.63, 3.8) is 0 Å². The number of nitrogens with one attached hydrogen (secondary N) is 2. The molecule has 0 bridgehead atoms. The van der Waals surface area contributed by atoms with E-state index in [9.17, 15) is 9.18 Å². The maximum atomic E-state index is 13.8. The zero-order valence-electron chi connectivity index (χ0n) is 13.9. The molecule has 0 saturated heterocycles. The van der Waals surface area contributed by atoms with Crippen molar-refractivity contribution >= 4 is 28.9 Å². The Hall–Kier alpha value is -3.28. The number of hydrogen-bond donors (Lipinski definition) is 2. The molecule has 0 saturated carbocycles. The Morgan fingerprint density at radius 1 is 1.00 bits per heavy atom. The average molecular weight is 336 g/mol. The highest BCUT2D eigenvalue weighted by atomic mass is 19.1. The molecule has 0 aliphatic carbocycles. The van der Waals surface area contributed by atoms with Gasteiger partial charge in [0, 0.05) is 23.0 Å². The molecule has 0 atom stereocenters. The van der Waals surface area contributed by atoms with Crippen molar-refractivity contribution in [2.45, 2.75) is 13.8 Å². The van der Waals surface area contributed by atoms with Crippen LogP contribution in [0.3, 0.4) is 0 Å². The first-order valence-corrected chi connectivity index (χ1v) is 7.76. The predicted octanol–water partition coefficient (Wildman–Crippen LogP) is 4.61. The first-order valence-electron chi connectivity index (χ1n) is 7.76. The summed E-state index contributed by atoms with van der Waals surface area (Å²) >= 11 is 0. The van der Waals surface area contributed by atoms with E-state index in [0.29, 0.717) is 28.7 Å². The lowest BCUT2D eigenvalue weighted by atomic mass is 10.1. The summed E-state index contributed by atoms with van der Waals surface area (Å²) < 4.78 is 13.8. The van der Waals surface area contributed by atoms with Gasteiger partial charge in [-0.2, -0.15) is 4.98 Å². The van der Waals surface area contributed by atoms with E-state index in [1.807, 2.05) is 13.0 Å². The molecule has 0 unspecified atom stereocenters. The summed E-state index contributed by atoms with van der Waals surface area (Å²) in [6, 6.07) is 15.2. The Balaban J connectivity index is 1.86. The quantitative estimate of drug-likeness (QED) is 0.666. The smallest absolute Gasteiger partial charge is 0.229 e. The van der Waals surface area contributed by atoms with E-state index in [1.54, 1.807) is 42.5 Å². The second-order valence-electron chi connectivity index (χ2n) is 5.59. The molecule has 25 heavy (non-hydrogen) atoms. The van der Waals surface area contributed by atoms with Gasteiger partial charge in [0.05, 0.1) is 5.69 Å². The predicted molar refractivity (Wildman–Crippen MR) is 96.2 cm³/mol. The zero-order chi connectivity index (χ0) is 17.8. The lowest BCUT2D eigenvalue weighted by Gasteiger charge is -2.11. The van der Waals surface area contributed by atoms with Crippen molar-refractivity contribution in [3.05, 3.63) is 71.7 Å². The number of hydrogen-bond acceptors (Lipinski definition) is 5. The summed E-state index contributed by atoms with van der Waals surface area (Å²) in [6.45, 7) is 3.34. The molecule has 1 aromatic heterocycles. The molecule has 0 spiro atoms. The van der Waals surface area contributed by atoms with Crippen molar-refractivity contribution < 1.29 is 9.18 Å². The minimum Gasteiger partial charge on any atom is -0.338 e. The maximum Gasteiger partial charge on any atom is 0.229 e. The number of halogens is 1. The highest BCUT2D eigenvalue weighted by molar-refractivity contribution is 5.95. The molecular weight excluding hydrogens is 319 g/mol. The summed E-state index contributed by atoms with van der Waals surface area (Å²) in [5, 5.41) is 6.02. The Kier molecular flexibility index (Phi) is 4.70. The minimum atomic E-state index is -0.359. The van der Waals surface area contributed by atoms with Crippen LogP contribution in [0, 0.1) is 12.7 Å². The third-order valence-electron chi connectivity index (χ3n) is 3.52. The van der Waals surface area contributed by atoms with Crippen LogP contribution >= 0.6 is 0 Å². The number of carbonyl (C=O) groups excluding carboxylic acids is 1. The summed E-state index contributed by atoms with van der Waals surface area (Å²) in [4.78, 5) is 20.2. The number of Topliss-reactive ketones (excluding diaryl/α,β-unsaturated/α-hetero) is 1. The molecule has 0 aliphatic heterocycles. The lowest BCUT2D eigenvalue weighted by molar-refractivity contribution is 0.101. The van der Waals surface area contributed by atoms with E-state index in [-0.39, 0.29) is 11.6 Å². The van der Waals surface area contributed by atoms with Crippen molar-refractivity contribution in [3.8, 4) is 0 Å². The van der Waals surface area contributed by atoms with Crippen molar-refractivity contribution in [1.29, 1.82) is 0 Å². The summed E-state index contributed by atoms with van der Waals surface area (Å²) in [5.41, 5.74) is 2.36. The molecule has 0 amide bonds. The fraction of sp³-hybridized carbons (Fsp3) is 0.105. The SMILES string of the molecule is CC(=O)c1cccc(Nc2nc(C)cc(Nc3ccccc3F)n2)c1. The van der Waals surface area contributed by atoms with Crippen LogP contribution < -0.4 is 10.6 Å². The van der Waals surface area contributed by atoms with Gasteiger partial charge in [0.2, 0.25) is 5.95 Å². The minimum absolute atomic E-state index is 0.0179. The van der Waals surface area contributed by atoms with Gasteiger partial charge in [-0.25, -0.2) is 9.37 Å². The Morgan fingerprint density at radius 2 is 1.80 bits per heavy atom. The Labute approximate surface area is 145 Å². The highest BCUT2D eigenvalue weighted by Gasteiger charge is 2.07. The molecule has 3 rings (SSSR count). The van der Waals surface area contributed by atoms with Gasteiger partial charge in [-0.1, -0.05) is 24.3 Å². The molecule has 0 aliphatic rings. The monoisotopic (exact) mass is 336 g/mol. The van der Waals surface area contributed by atoms with E-state index in [0.717, 1.165) is 5.69 Å². The Morgan fingerprint density at radius 3 is 2.56 bits per heavy atom. The number of aryl methyl sites for hydroxylation is 1. The number of para-hydroxylation sites is 1. The molecule has 5 nitrogen and oxygen atoms in total. The molecular formula is C19H17FN4O. The molecule has 6 heteroatoms. The second-order valence-corrected chi connectivity index (χ2v) is 5.59. The van der Waals surface area contributed by atoms with Gasteiger partial charge in [0.1, 0.15) is 11.6 Å². The fourth-order valence-corrected chi connectivity index (χ4v) is 2.33. The van der Waals surface area contributed by atoms with E-state index in [1.165, 1.54) is 13.0 Å². The standard InChI is InChI=1S/C19H17FN4O/c1-12-10-18(23-17-9-4-3-8-16(17)20)24-19(21-12)22-15-7-5-6-14(11-15)13(2)25/h3-11H,1-2H3,(H2,21,22,23,24). The molecule has 2 aromatic carbocycles. The van der Waals surface area contributed by atoms with Crippen molar-refractivity contribution in [2.24, 2.45) is 0 Å². The summed E-state index contributed by atoms with van der Waals surface area (Å²) in [6.07, 6.45) is 0. The van der Waals surface area contributed by atoms with Crippen molar-refractivity contribution in [1.82, 2.24) is 9.97 Å². The van der Waals surface area contributed by atoms with Gasteiger partial charge in [0.25, 0.3) is 0 Å². The number of rotatable bonds is 5. The van der Waals surface area contributed by atoms with Gasteiger partial charge in [0.15, 0.2) is 5.78 Å². The molecule has 126 valence electrons. The molecule has 0 fully saturated rings. The largest absolute Gasteiger partial charge is 0.338 e. The zero-order valence-corrected chi connectivity index (χ0v) is 13.9. The molecule has 2 N–H and O–H groups in total. The van der Waals surface area contributed by atoms with Gasteiger partial charge in [-0.05, 0) is 38.1 Å². The first-order chi connectivity index (χ1) is 12.0. The van der Waals surface area contributed by atoms with E-state index < -0.39 is 0 Å². The highest BCUT2D eigenvalue weighted by Crippen LogP contribution is 2.21. The van der Waals surface area contributed by atoms with E-state index in [4.69, 9.17) is 0 Å². The van der Waals surface area contributed by atoms with Gasteiger partial charge < -0.3 is 10.6 Å². The second kappa shape index (κ2) is 7.09. The third kappa shape index (κ3) is 4.17. The van der Waals surface area contributed by atoms with Crippen LogP contribution in [0.15, 0.2) is 54.6 Å². The van der Waals surface area contributed by atoms with Crippen molar-refractivity contribution in [2.75, 3.05) is 10.6 Å². The molecule has 1 heterocycles. The number of nitrogens with zero attached hydrogens (tertiary/aromatic N) is 2. The first kappa shape index (κ1) is 16.6. The van der Waals surface area contributed by atoms with Crippen LogP contribution in [0.25, 0.3) is 0 Å². The topological polar surface area (TPSA) is 66.9 Å². The molecule has 0 radical (unpaired) electrons. The number of carbonyl (C=O) groups is 1.